The summed E-state index contributed by atoms with van der Waals surface area (Å²) in [7, 11) is 1.25. The molecular weight excluding hydrogens is 284 g/mol. The summed E-state index contributed by atoms with van der Waals surface area (Å²) >= 11 is 0. The maximum absolute atomic E-state index is 11.8. The Bertz CT molecular complexity index is 625. The van der Waals surface area contributed by atoms with Gasteiger partial charge in [0.25, 0.3) is 5.56 Å². The van der Waals surface area contributed by atoms with Crippen LogP contribution in [0.2, 0.25) is 0 Å². The van der Waals surface area contributed by atoms with Crippen molar-refractivity contribution in [2.24, 2.45) is 0 Å². The van der Waals surface area contributed by atoms with Crippen LogP contribution in [0.4, 0.5) is 0 Å². The number of H-pyrrole nitrogens is 1. The van der Waals surface area contributed by atoms with Gasteiger partial charge in [-0.15, -0.1) is 0 Å². The van der Waals surface area contributed by atoms with Crippen LogP contribution in [0.3, 0.4) is 0 Å². The van der Waals surface area contributed by atoms with Gasteiger partial charge >= 0.3 is 5.69 Å². The van der Waals surface area contributed by atoms with E-state index in [4.69, 9.17) is 14.6 Å². The Morgan fingerprint density at radius 1 is 1.48 bits per heavy atom. The van der Waals surface area contributed by atoms with Crippen molar-refractivity contribution in [3.8, 4) is 0 Å². The molecule has 1 aromatic rings. The first-order valence-corrected chi connectivity index (χ1v) is 6.35. The molecule has 0 spiro atoms. The van der Waals surface area contributed by atoms with Gasteiger partial charge in [-0.05, 0) is 6.92 Å². The molecule has 0 unspecified atom stereocenters. The number of aromatic amines is 1. The number of ether oxygens (including phenoxy) is 2. The van der Waals surface area contributed by atoms with E-state index >= 15 is 0 Å². The second-order valence-electron chi connectivity index (χ2n) is 4.99. The molecular formula is C12H18N2O7. The summed E-state index contributed by atoms with van der Waals surface area (Å²) in [4.78, 5) is 25.2. The van der Waals surface area contributed by atoms with E-state index in [0.717, 1.165) is 4.57 Å². The summed E-state index contributed by atoms with van der Waals surface area (Å²) in [6.07, 6.45) is -2.54. The zero-order valence-electron chi connectivity index (χ0n) is 11.6. The molecule has 0 bridgehead atoms. The fourth-order valence-corrected chi connectivity index (χ4v) is 2.34. The van der Waals surface area contributed by atoms with E-state index in [1.165, 1.54) is 20.2 Å². The summed E-state index contributed by atoms with van der Waals surface area (Å²) in [6, 6.07) is 0. The minimum absolute atomic E-state index is 0.255. The number of aryl methyl sites for hydroxylation is 1. The number of nitrogens with zero attached hydrogens (tertiary/aromatic N) is 1. The number of methoxy groups -OCH3 is 1. The number of aliphatic hydroxyl groups excluding tert-OH is 3. The monoisotopic (exact) mass is 302 g/mol. The van der Waals surface area contributed by atoms with Crippen molar-refractivity contribution in [1.82, 2.24) is 9.55 Å². The molecule has 2 rings (SSSR count). The van der Waals surface area contributed by atoms with Gasteiger partial charge in [-0.1, -0.05) is 0 Å². The number of aliphatic hydroxyl groups is 3. The number of hydrogen-bond donors (Lipinski definition) is 4. The average Bonchev–Trinajstić information content (AvgIpc) is 2.70. The molecule has 21 heavy (non-hydrogen) atoms. The van der Waals surface area contributed by atoms with Crippen LogP contribution >= 0.6 is 0 Å². The van der Waals surface area contributed by atoms with Crippen LogP contribution in [0.15, 0.2) is 15.8 Å². The highest BCUT2D eigenvalue weighted by Crippen LogP contribution is 2.33. The minimum atomic E-state index is -1.69. The molecule has 4 atom stereocenters. The van der Waals surface area contributed by atoms with Gasteiger partial charge in [-0.2, -0.15) is 0 Å². The largest absolute Gasteiger partial charge is 0.394 e. The molecule has 4 N–H and O–H groups in total. The molecule has 9 heteroatoms. The van der Waals surface area contributed by atoms with Gasteiger partial charge in [-0.25, -0.2) is 4.79 Å². The molecule has 0 amide bonds. The third-order valence-corrected chi connectivity index (χ3v) is 3.61. The Labute approximate surface area is 119 Å². The van der Waals surface area contributed by atoms with Crippen molar-refractivity contribution in [2.45, 2.75) is 37.6 Å². The Balaban J connectivity index is 2.38. The molecule has 1 fully saturated rings. The van der Waals surface area contributed by atoms with Gasteiger partial charge in [-0.3, -0.25) is 14.3 Å². The van der Waals surface area contributed by atoms with Gasteiger partial charge < -0.3 is 24.8 Å². The first kappa shape index (κ1) is 15.9. The van der Waals surface area contributed by atoms with Gasteiger partial charge in [0.2, 0.25) is 5.79 Å². The topological polar surface area (TPSA) is 134 Å². The van der Waals surface area contributed by atoms with Gasteiger partial charge in [0.1, 0.15) is 18.3 Å². The zero-order chi connectivity index (χ0) is 15.8. The van der Waals surface area contributed by atoms with Crippen molar-refractivity contribution < 1.29 is 24.8 Å². The lowest BCUT2D eigenvalue weighted by molar-refractivity contribution is -0.255. The zero-order valence-corrected chi connectivity index (χ0v) is 11.6. The highest BCUT2D eigenvalue weighted by Gasteiger charge is 2.55. The fourth-order valence-electron chi connectivity index (χ4n) is 2.34. The summed E-state index contributed by atoms with van der Waals surface area (Å²) in [5.74, 6) is -1.69. The van der Waals surface area contributed by atoms with E-state index in [1.54, 1.807) is 0 Å². The lowest BCUT2D eigenvalue weighted by Crippen LogP contribution is -2.50. The number of rotatable bonds is 4. The van der Waals surface area contributed by atoms with E-state index in [1.807, 2.05) is 0 Å². The predicted molar refractivity (Wildman–Crippen MR) is 69.8 cm³/mol. The molecule has 2 heterocycles. The molecule has 0 radical (unpaired) electrons. The highest BCUT2D eigenvalue weighted by molar-refractivity contribution is 5.03. The van der Waals surface area contributed by atoms with Crippen LogP contribution in [0.25, 0.3) is 0 Å². The maximum atomic E-state index is 11.8. The Morgan fingerprint density at radius 2 is 2.14 bits per heavy atom. The summed E-state index contributed by atoms with van der Waals surface area (Å²) in [5, 5.41) is 29.0. The van der Waals surface area contributed by atoms with Crippen LogP contribution in [0, 0.1) is 6.92 Å². The quantitative estimate of drug-likeness (QED) is 0.475. The standard InChI is InChI=1S/C12H18N2O7/c1-6-3-14(11(19)13-10(6)18)5-12(20-2)9(17)8(16)7(4-15)21-12/h3,7-9,15-17H,4-5H2,1-2H3,(H,13,18,19)/t7-,8-,9-,12-/m1/s1. The first-order valence-electron chi connectivity index (χ1n) is 6.35. The fraction of sp³-hybridized carbons (Fsp3) is 0.667. The van der Waals surface area contributed by atoms with E-state index in [9.17, 15) is 19.8 Å². The SMILES string of the molecule is CO[C@]1(Cn2cc(C)c(=O)[nH]c2=O)O[C@H](CO)[C@@H](O)[C@H]1O. The van der Waals surface area contributed by atoms with E-state index in [0.29, 0.717) is 5.56 Å². The number of hydrogen-bond acceptors (Lipinski definition) is 7. The first-order chi connectivity index (χ1) is 9.84. The molecule has 0 aliphatic carbocycles. The van der Waals surface area contributed by atoms with Crippen molar-refractivity contribution >= 4 is 0 Å². The van der Waals surface area contributed by atoms with Crippen LogP contribution in [-0.2, 0) is 16.0 Å². The maximum Gasteiger partial charge on any atom is 0.328 e. The molecule has 1 aliphatic rings. The summed E-state index contributed by atoms with van der Waals surface area (Å²) < 4.78 is 11.6. The minimum Gasteiger partial charge on any atom is -0.394 e. The van der Waals surface area contributed by atoms with Crippen molar-refractivity contribution in [3.63, 3.8) is 0 Å². The average molecular weight is 302 g/mol. The molecule has 118 valence electrons. The second-order valence-corrected chi connectivity index (χ2v) is 4.99. The van der Waals surface area contributed by atoms with E-state index in [-0.39, 0.29) is 6.54 Å². The molecule has 1 aliphatic heterocycles. The lowest BCUT2D eigenvalue weighted by atomic mass is 10.1. The highest BCUT2D eigenvalue weighted by atomic mass is 16.7. The van der Waals surface area contributed by atoms with Gasteiger partial charge in [0.05, 0.1) is 13.2 Å². The summed E-state index contributed by atoms with van der Waals surface area (Å²) in [5.41, 5.74) is -0.906. The van der Waals surface area contributed by atoms with Crippen molar-refractivity contribution in [3.05, 3.63) is 32.6 Å². The Kier molecular flexibility index (Phi) is 4.30. The summed E-state index contributed by atoms with van der Waals surface area (Å²) in [6.45, 7) is 0.753. The molecule has 9 nitrogen and oxygen atoms in total. The smallest absolute Gasteiger partial charge is 0.328 e. The Morgan fingerprint density at radius 3 is 2.67 bits per heavy atom. The third-order valence-electron chi connectivity index (χ3n) is 3.61. The Hall–Kier alpha value is -1.52. The second kappa shape index (κ2) is 5.70. The van der Waals surface area contributed by atoms with Gasteiger partial charge in [0, 0.05) is 18.9 Å². The molecule has 0 aromatic carbocycles. The molecule has 1 saturated heterocycles. The lowest BCUT2D eigenvalue weighted by Gasteiger charge is -2.30. The van der Waals surface area contributed by atoms with Crippen molar-refractivity contribution in [1.29, 1.82) is 0 Å². The third kappa shape index (κ3) is 2.65. The van der Waals surface area contributed by atoms with Crippen LogP contribution in [0.1, 0.15) is 5.56 Å². The molecule has 0 saturated carbocycles. The van der Waals surface area contributed by atoms with Crippen LogP contribution in [-0.4, -0.2) is 62.7 Å². The normalized spacial score (nSPS) is 32.5. The van der Waals surface area contributed by atoms with Gasteiger partial charge in [0.15, 0.2) is 0 Å². The number of nitrogens with one attached hydrogen (secondary N) is 1. The van der Waals surface area contributed by atoms with E-state index in [2.05, 4.69) is 4.98 Å². The van der Waals surface area contributed by atoms with Crippen molar-refractivity contribution in [2.75, 3.05) is 13.7 Å². The number of aromatic nitrogens is 2. The molecule has 1 aromatic heterocycles. The van der Waals surface area contributed by atoms with E-state index < -0.39 is 42.0 Å². The predicted octanol–water partition coefficient (Wildman–Crippen LogP) is -2.70. The van der Waals surface area contributed by atoms with Crippen LogP contribution < -0.4 is 11.2 Å². The van der Waals surface area contributed by atoms with Crippen LogP contribution in [0.5, 0.6) is 0 Å².